The molecule has 0 fully saturated rings. The van der Waals surface area contributed by atoms with E-state index in [2.05, 4.69) is 44.6 Å². The first-order valence-electron chi connectivity index (χ1n) is 10.0. The molecule has 4 rings (SSSR count). The maximum Gasteiger partial charge on any atom is 0.0825 e. The fraction of sp³-hybridized carbons (Fsp3) is 0.500. The monoisotopic (exact) mass is 416 g/mol. The van der Waals surface area contributed by atoms with Crippen molar-refractivity contribution >= 4 is 54.3 Å². The Balaban J connectivity index is 1.63. The smallest absolute Gasteiger partial charge is 0.0825 e. The van der Waals surface area contributed by atoms with E-state index < -0.39 is 0 Å². The van der Waals surface area contributed by atoms with Crippen molar-refractivity contribution in [2.24, 2.45) is 7.05 Å². The summed E-state index contributed by atoms with van der Waals surface area (Å²) in [7, 11) is 2.10. The normalized spacial score (nSPS) is 12.0. The zero-order valence-corrected chi connectivity index (χ0v) is 19.2. The van der Waals surface area contributed by atoms with Gasteiger partial charge in [-0.1, -0.05) is 39.0 Å². The summed E-state index contributed by atoms with van der Waals surface area (Å²) in [6.45, 7) is 6.72. The first kappa shape index (κ1) is 19.2. The zero-order valence-electron chi connectivity index (χ0n) is 16.7. The average Bonchev–Trinajstić information content (AvgIpc) is 3.33. The van der Waals surface area contributed by atoms with Crippen LogP contribution in [0.15, 0.2) is 12.1 Å². The van der Waals surface area contributed by atoms with Crippen LogP contribution < -0.4 is 0 Å². The molecule has 0 amide bonds. The third-order valence-corrected chi connectivity index (χ3v) is 8.74. The Morgan fingerprint density at radius 1 is 0.926 bits per heavy atom. The van der Waals surface area contributed by atoms with Gasteiger partial charge in [0, 0.05) is 36.5 Å². The molecule has 0 unspecified atom stereocenters. The minimum Gasteiger partial charge on any atom is -0.267 e. The predicted octanol–water partition coefficient (Wildman–Crippen LogP) is 8.10. The highest BCUT2D eigenvalue weighted by atomic mass is 32.1. The molecule has 4 aromatic rings. The van der Waals surface area contributed by atoms with E-state index in [0.717, 1.165) is 6.42 Å². The molecule has 5 heteroatoms. The van der Waals surface area contributed by atoms with Crippen molar-refractivity contribution in [2.75, 3.05) is 0 Å². The predicted molar refractivity (Wildman–Crippen MR) is 124 cm³/mol. The first-order chi connectivity index (χ1) is 13.1. The second-order valence-electron chi connectivity index (χ2n) is 7.50. The minimum absolute atomic E-state index is 1.10. The van der Waals surface area contributed by atoms with E-state index in [4.69, 9.17) is 5.10 Å². The van der Waals surface area contributed by atoms with Crippen molar-refractivity contribution in [3.63, 3.8) is 0 Å². The summed E-state index contributed by atoms with van der Waals surface area (Å²) >= 11 is 5.79. The molecule has 0 bridgehead atoms. The molecule has 4 aromatic heterocycles. The Bertz CT molecular complexity index is 1030. The number of aryl methyl sites for hydroxylation is 4. The molecule has 4 heterocycles. The van der Waals surface area contributed by atoms with Gasteiger partial charge in [0.2, 0.25) is 0 Å². The Morgan fingerprint density at radius 3 is 2.44 bits per heavy atom. The van der Waals surface area contributed by atoms with Crippen LogP contribution in [0.2, 0.25) is 0 Å². The number of rotatable bonds is 8. The lowest BCUT2D eigenvalue weighted by atomic mass is 10.1. The summed E-state index contributed by atoms with van der Waals surface area (Å²) in [5.74, 6) is 0. The van der Waals surface area contributed by atoms with Crippen LogP contribution in [0.4, 0.5) is 0 Å². The van der Waals surface area contributed by atoms with E-state index in [-0.39, 0.29) is 0 Å². The topological polar surface area (TPSA) is 17.8 Å². The molecule has 0 saturated heterocycles. The van der Waals surface area contributed by atoms with Crippen LogP contribution in [0.5, 0.6) is 0 Å². The van der Waals surface area contributed by atoms with E-state index in [1.54, 1.807) is 0 Å². The number of thiophene rings is 3. The molecule has 0 N–H and O–H groups in total. The molecule has 0 aliphatic carbocycles. The van der Waals surface area contributed by atoms with Crippen LogP contribution in [-0.2, 0) is 13.5 Å². The molecule has 2 nitrogen and oxygen atoms in total. The number of hydrogen-bond donors (Lipinski definition) is 0. The van der Waals surface area contributed by atoms with E-state index in [1.165, 1.54) is 84.0 Å². The van der Waals surface area contributed by atoms with Gasteiger partial charge in [-0.25, -0.2) is 0 Å². The Kier molecular flexibility index (Phi) is 5.72. The molecular formula is C22H28N2S3. The molecular weight excluding hydrogens is 388 g/mol. The van der Waals surface area contributed by atoms with Gasteiger partial charge in [0.1, 0.15) is 0 Å². The van der Waals surface area contributed by atoms with Gasteiger partial charge in [0.25, 0.3) is 0 Å². The SMILES string of the molecule is CCCCCCCCc1nn(C)c2c(C)sc(-c3cc4sc(C)cc4s3)c12. The molecule has 0 aliphatic rings. The number of nitrogens with zero attached hydrogens (tertiary/aromatic N) is 2. The van der Waals surface area contributed by atoms with Gasteiger partial charge in [-0.15, -0.1) is 34.0 Å². The van der Waals surface area contributed by atoms with Crippen LogP contribution >= 0.6 is 34.0 Å². The maximum atomic E-state index is 4.92. The van der Waals surface area contributed by atoms with Gasteiger partial charge in [0.05, 0.1) is 16.1 Å². The Hall–Kier alpha value is -1.17. The fourth-order valence-corrected chi connectivity index (χ4v) is 7.59. The standard InChI is InChI=1S/C22H28N2S3/c1-5-6-7-8-9-10-11-16-20-21(24(4)23-16)15(3)26-22(20)19-13-18-17(27-19)12-14(2)25-18/h12-13H,5-11H2,1-4H3. The molecule has 0 spiro atoms. The highest BCUT2D eigenvalue weighted by molar-refractivity contribution is 7.31. The Labute approximate surface area is 173 Å². The van der Waals surface area contributed by atoms with Crippen LogP contribution in [0.1, 0.15) is 60.9 Å². The molecule has 0 aromatic carbocycles. The summed E-state index contributed by atoms with van der Waals surface area (Å²) in [6.07, 6.45) is 9.11. The summed E-state index contributed by atoms with van der Waals surface area (Å²) in [4.78, 5) is 5.64. The first-order valence-corrected chi connectivity index (χ1v) is 12.5. The second-order valence-corrected chi connectivity index (χ2v) is 11.1. The van der Waals surface area contributed by atoms with Gasteiger partial charge in [-0.2, -0.15) is 5.10 Å². The second kappa shape index (κ2) is 8.06. The molecule has 0 radical (unpaired) electrons. The van der Waals surface area contributed by atoms with Gasteiger partial charge in [0.15, 0.2) is 0 Å². The molecule has 144 valence electrons. The average molecular weight is 417 g/mol. The molecule has 0 aliphatic heterocycles. The van der Waals surface area contributed by atoms with Crippen molar-refractivity contribution in [1.29, 1.82) is 0 Å². The lowest BCUT2D eigenvalue weighted by molar-refractivity contribution is 0.602. The van der Waals surface area contributed by atoms with E-state index in [0.29, 0.717) is 0 Å². The van der Waals surface area contributed by atoms with Crippen LogP contribution in [-0.4, -0.2) is 9.78 Å². The number of unbranched alkanes of at least 4 members (excludes halogenated alkanes) is 5. The van der Waals surface area contributed by atoms with E-state index >= 15 is 0 Å². The number of fused-ring (bicyclic) bond motifs is 2. The maximum absolute atomic E-state index is 4.92. The Morgan fingerprint density at radius 2 is 1.67 bits per heavy atom. The lowest BCUT2D eigenvalue weighted by Crippen LogP contribution is -1.93. The fourth-order valence-electron chi connectivity index (χ4n) is 3.96. The van der Waals surface area contributed by atoms with Crippen molar-refractivity contribution in [1.82, 2.24) is 9.78 Å². The van der Waals surface area contributed by atoms with E-state index in [9.17, 15) is 0 Å². The highest BCUT2D eigenvalue weighted by Gasteiger charge is 2.20. The van der Waals surface area contributed by atoms with Gasteiger partial charge in [-0.3, -0.25) is 4.68 Å². The third-order valence-electron chi connectivity index (χ3n) is 5.26. The molecule has 0 saturated carbocycles. The highest BCUT2D eigenvalue weighted by Crippen LogP contribution is 2.46. The quantitative estimate of drug-likeness (QED) is 0.265. The summed E-state index contributed by atoms with van der Waals surface area (Å²) < 4.78 is 4.96. The molecule has 0 atom stereocenters. The minimum atomic E-state index is 1.10. The van der Waals surface area contributed by atoms with Crippen LogP contribution in [0, 0.1) is 13.8 Å². The lowest BCUT2D eigenvalue weighted by Gasteiger charge is -2.01. The van der Waals surface area contributed by atoms with Gasteiger partial charge in [-0.05, 0) is 38.8 Å². The van der Waals surface area contributed by atoms with Crippen molar-refractivity contribution in [3.8, 4) is 9.75 Å². The van der Waals surface area contributed by atoms with Crippen LogP contribution in [0.25, 0.3) is 30.1 Å². The summed E-state index contributed by atoms with van der Waals surface area (Å²) in [6, 6.07) is 4.72. The van der Waals surface area contributed by atoms with Crippen molar-refractivity contribution < 1.29 is 0 Å². The van der Waals surface area contributed by atoms with Crippen molar-refractivity contribution in [2.45, 2.75) is 65.7 Å². The number of aromatic nitrogens is 2. The van der Waals surface area contributed by atoms with E-state index in [1.807, 2.05) is 34.0 Å². The largest absolute Gasteiger partial charge is 0.267 e. The summed E-state index contributed by atoms with van der Waals surface area (Å²) in [5.41, 5.74) is 2.64. The van der Waals surface area contributed by atoms with Crippen LogP contribution in [0.3, 0.4) is 0 Å². The third kappa shape index (κ3) is 3.74. The van der Waals surface area contributed by atoms with Gasteiger partial charge >= 0.3 is 0 Å². The number of hydrogen-bond acceptors (Lipinski definition) is 4. The van der Waals surface area contributed by atoms with Gasteiger partial charge < -0.3 is 0 Å². The zero-order chi connectivity index (χ0) is 19.0. The molecule has 27 heavy (non-hydrogen) atoms. The van der Waals surface area contributed by atoms with Crippen molar-refractivity contribution in [3.05, 3.63) is 27.6 Å². The summed E-state index contributed by atoms with van der Waals surface area (Å²) in [5, 5.41) is 6.33.